The van der Waals surface area contributed by atoms with Crippen LogP contribution in [0.5, 0.6) is 0 Å². The fraction of sp³-hybridized carbons (Fsp3) is 0.562. The van der Waals surface area contributed by atoms with E-state index in [0.29, 0.717) is 6.61 Å². The molecular weight excluding hydrogens is 306 g/mol. The summed E-state index contributed by atoms with van der Waals surface area (Å²) in [6.45, 7) is 6.65. The fourth-order valence-electron chi connectivity index (χ4n) is 2.53. The van der Waals surface area contributed by atoms with Crippen LogP contribution in [0.2, 0.25) is 0 Å². The van der Waals surface area contributed by atoms with Crippen molar-refractivity contribution in [3.63, 3.8) is 0 Å². The zero-order valence-corrected chi connectivity index (χ0v) is 14.0. The third kappa shape index (κ3) is 5.44. The Balaban J connectivity index is 0.00000220. The molecule has 0 saturated carbocycles. The van der Waals surface area contributed by atoms with E-state index in [1.807, 2.05) is 26.0 Å². The van der Waals surface area contributed by atoms with E-state index in [0.717, 1.165) is 24.1 Å². The first-order chi connectivity index (χ1) is 9.56. The summed E-state index contributed by atoms with van der Waals surface area (Å²) >= 11 is 0. The number of nitrogens with one attached hydrogen (secondary N) is 1. The second-order valence-corrected chi connectivity index (χ2v) is 5.30. The van der Waals surface area contributed by atoms with Crippen molar-refractivity contribution < 1.29 is 31.6 Å². The molecule has 116 valence electrons. The maximum Gasteiger partial charge on any atom is 0.302 e. The van der Waals surface area contributed by atoms with Crippen LogP contribution in [0.4, 0.5) is 0 Å². The maximum atomic E-state index is 10.9. The molecule has 1 aromatic carbocycles. The monoisotopic (exact) mass is 328 g/mol. The quantitative estimate of drug-likeness (QED) is 0.665. The summed E-state index contributed by atoms with van der Waals surface area (Å²) < 4.78 is 11.0. The first-order valence-electron chi connectivity index (χ1n) is 7.07. The van der Waals surface area contributed by atoms with Crippen molar-refractivity contribution in [2.75, 3.05) is 13.2 Å². The summed E-state index contributed by atoms with van der Waals surface area (Å²) in [5, 5.41) is 3.45. The largest absolute Gasteiger partial charge is 0.460 e. The predicted molar refractivity (Wildman–Crippen MR) is 76.3 cm³/mol. The van der Waals surface area contributed by atoms with Gasteiger partial charge in [0, 0.05) is 30.3 Å². The number of rotatable bonds is 5. The molecule has 1 fully saturated rings. The Labute approximate surface area is 137 Å². The van der Waals surface area contributed by atoms with Gasteiger partial charge in [-0.3, -0.25) is 4.79 Å². The Morgan fingerprint density at radius 1 is 1.52 bits per heavy atom. The normalized spacial score (nSPS) is 22.4. The molecule has 0 aromatic heterocycles. The van der Waals surface area contributed by atoms with Crippen molar-refractivity contribution in [3.05, 3.63) is 35.4 Å². The Morgan fingerprint density at radius 3 is 2.95 bits per heavy atom. The van der Waals surface area contributed by atoms with E-state index in [1.54, 1.807) is 0 Å². The Kier molecular flexibility index (Phi) is 7.41. The first kappa shape index (κ1) is 18.2. The van der Waals surface area contributed by atoms with Crippen molar-refractivity contribution in [3.8, 4) is 0 Å². The molecule has 1 N–H and O–H groups in total. The van der Waals surface area contributed by atoms with Gasteiger partial charge in [-0.1, -0.05) is 6.92 Å². The number of ether oxygens (including phenoxy) is 2. The summed E-state index contributed by atoms with van der Waals surface area (Å²) in [5.74, 6) is -0.269. The Hall–Kier alpha value is -0.858. The molecule has 3 atom stereocenters. The van der Waals surface area contributed by atoms with Crippen LogP contribution >= 0.6 is 0 Å². The summed E-state index contributed by atoms with van der Waals surface area (Å²) in [4.78, 5) is 10.9. The second-order valence-electron chi connectivity index (χ2n) is 5.30. The van der Waals surface area contributed by atoms with Gasteiger partial charge >= 0.3 is 5.97 Å². The third-order valence-electron chi connectivity index (χ3n) is 3.38. The topological polar surface area (TPSA) is 47.6 Å². The van der Waals surface area contributed by atoms with E-state index in [1.165, 1.54) is 6.92 Å². The number of carbonyl (C=O) groups excluding carboxylic acids is 1. The van der Waals surface area contributed by atoms with Gasteiger partial charge in [0.2, 0.25) is 0 Å². The van der Waals surface area contributed by atoms with Gasteiger partial charge in [0.1, 0.15) is 6.10 Å². The summed E-state index contributed by atoms with van der Waals surface area (Å²) in [7, 11) is 0. The van der Waals surface area contributed by atoms with Gasteiger partial charge < -0.3 is 14.8 Å². The molecule has 5 heteroatoms. The van der Waals surface area contributed by atoms with Crippen molar-refractivity contribution in [1.82, 2.24) is 5.32 Å². The van der Waals surface area contributed by atoms with Crippen LogP contribution in [0.25, 0.3) is 0 Å². The van der Waals surface area contributed by atoms with Gasteiger partial charge in [0.25, 0.3) is 0 Å². The molecule has 1 heterocycles. The zero-order chi connectivity index (χ0) is 14.5. The van der Waals surface area contributed by atoms with E-state index in [4.69, 9.17) is 9.47 Å². The van der Waals surface area contributed by atoms with Crippen LogP contribution in [0.1, 0.15) is 37.4 Å². The van der Waals surface area contributed by atoms with Crippen LogP contribution in [0, 0.1) is 13.0 Å². The minimum absolute atomic E-state index is 0. The maximum absolute atomic E-state index is 10.9. The van der Waals surface area contributed by atoms with Gasteiger partial charge in [0.15, 0.2) is 0 Å². The van der Waals surface area contributed by atoms with Crippen molar-refractivity contribution in [2.24, 2.45) is 0 Å². The molecule has 1 saturated heterocycles. The second kappa shape index (κ2) is 8.55. The summed E-state index contributed by atoms with van der Waals surface area (Å²) in [6, 6.07) is 9.69. The van der Waals surface area contributed by atoms with Gasteiger partial charge in [-0.2, -0.15) is 29.8 Å². The summed E-state index contributed by atoms with van der Waals surface area (Å²) in [6.07, 6.45) is 0.848. The van der Waals surface area contributed by atoms with Crippen LogP contribution in [-0.4, -0.2) is 31.3 Å². The molecule has 1 unspecified atom stereocenters. The van der Waals surface area contributed by atoms with Crippen molar-refractivity contribution >= 4 is 5.97 Å². The molecule has 2 rings (SSSR count). The number of esters is 1. The Morgan fingerprint density at radius 2 is 2.29 bits per heavy atom. The molecule has 0 bridgehead atoms. The predicted octanol–water partition coefficient (Wildman–Crippen LogP) is 2.16. The van der Waals surface area contributed by atoms with Crippen LogP contribution in [0.3, 0.4) is 0 Å². The number of benzene rings is 1. The molecule has 1 aliphatic rings. The van der Waals surface area contributed by atoms with Gasteiger partial charge in [0.05, 0.1) is 12.7 Å². The summed E-state index contributed by atoms with van der Waals surface area (Å²) in [5.41, 5.74) is 2.26. The fourth-order valence-corrected chi connectivity index (χ4v) is 2.53. The SMILES string of the molecule is CC(=O)OC(C)CO[C@@H]1CCN[C@@H]1c1[c-]c(C)ccc1.[Cr]. The van der Waals surface area contributed by atoms with E-state index >= 15 is 0 Å². The van der Waals surface area contributed by atoms with Crippen molar-refractivity contribution in [1.29, 1.82) is 0 Å². The Bertz CT molecular complexity index is 467. The van der Waals surface area contributed by atoms with E-state index < -0.39 is 0 Å². The van der Waals surface area contributed by atoms with E-state index in [2.05, 4.69) is 17.4 Å². The van der Waals surface area contributed by atoms with E-state index in [9.17, 15) is 4.79 Å². The van der Waals surface area contributed by atoms with E-state index in [-0.39, 0.29) is 41.6 Å². The van der Waals surface area contributed by atoms with Gasteiger partial charge in [-0.15, -0.1) is 5.56 Å². The molecule has 0 spiro atoms. The van der Waals surface area contributed by atoms with Crippen LogP contribution in [-0.2, 0) is 31.6 Å². The van der Waals surface area contributed by atoms with Gasteiger partial charge in [-0.25, -0.2) is 0 Å². The smallest absolute Gasteiger partial charge is 0.302 e. The standard InChI is InChI=1S/C16H22NO3.Cr/c1-11-5-4-6-14(9-11)16-15(7-8-17-16)19-10-12(2)20-13(3)18;/h4-6,12,15-17H,7-8,10H2,1-3H3;/q-1;/t12?,15-,16-;/m1./s1. The number of carbonyl (C=O) groups is 1. The first-order valence-corrected chi connectivity index (χ1v) is 7.07. The van der Waals surface area contributed by atoms with Crippen LogP contribution < -0.4 is 5.32 Å². The van der Waals surface area contributed by atoms with Crippen LogP contribution in [0.15, 0.2) is 18.2 Å². The van der Waals surface area contributed by atoms with Crippen molar-refractivity contribution in [2.45, 2.75) is 45.4 Å². The molecule has 0 radical (unpaired) electrons. The molecule has 21 heavy (non-hydrogen) atoms. The molecule has 4 nitrogen and oxygen atoms in total. The molecule has 0 amide bonds. The molecule has 0 aliphatic carbocycles. The minimum Gasteiger partial charge on any atom is -0.460 e. The molecule has 1 aliphatic heterocycles. The third-order valence-corrected chi connectivity index (χ3v) is 3.38. The average Bonchev–Trinajstić information content (AvgIpc) is 2.84. The molecule has 1 aromatic rings. The number of hydrogen-bond donors (Lipinski definition) is 1. The minimum atomic E-state index is -0.269. The van der Waals surface area contributed by atoms with Gasteiger partial charge in [-0.05, 0) is 19.9 Å². The number of aryl methyl sites for hydroxylation is 1. The zero-order valence-electron chi connectivity index (χ0n) is 12.7. The number of hydrogen-bond acceptors (Lipinski definition) is 4. The average molecular weight is 328 g/mol. The molecular formula is C16H22CrNO3-.